The summed E-state index contributed by atoms with van der Waals surface area (Å²) in [7, 11) is 3.05. The fraction of sp³-hybridized carbons (Fsp3) is 0.217. The summed E-state index contributed by atoms with van der Waals surface area (Å²) < 4.78 is 13.5. The van der Waals surface area contributed by atoms with Crippen LogP contribution < -0.4 is 20.3 Å². The van der Waals surface area contributed by atoms with Crippen molar-refractivity contribution in [3.05, 3.63) is 81.5 Å². The summed E-state index contributed by atoms with van der Waals surface area (Å²) in [5.41, 5.74) is 1.61. The minimum Gasteiger partial charge on any atom is -0.493 e. The van der Waals surface area contributed by atoms with Gasteiger partial charge in [-0.3, -0.25) is 14.2 Å². The van der Waals surface area contributed by atoms with Crippen molar-refractivity contribution in [2.75, 3.05) is 20.8 Å². The van der Waals surface area contributed by atoms with Crippen molar-refractivity contribution >= 4 is 28.5 Å². The molecule has 1 N–H and O–H groups in total. The van der Waals surface area contributed by atoms with Gasteiger partial charge in [0.1, 0.15) is 11.7 Å². The van der Waals surface area contributed by atoms with Crippen molar-refractivity contribution in [1.29, 1.82) is 0 Å². The molecule has 2 heterocycles. The number of ether oxygens (including phenoxy) is 2. The van der Waals surface area contributed by atoms with E-state index in [9.17, 15) is 9.59 Å². The average Bonchev–Trinajstić information content (AvgIpc) is 3.24. The van der Waals surface area contributed by atoms with Crippen molar-refractivity contribution in [2.24, 2.45) is 0 Å². The van der Waals surface area contributed by atoms with Gasteiger partial charge in [0.25, 0.3) is 11.5 Å². The first-order valence-corrected chi connectivity index (χ1v) is 10.5. The lowest BCUT2D eigenvalue weighted by molar-refractivity contribution is 0.0951. The van der Waals surface area contributed by atoms with Crippen LogP contribution in [0.1, 0.15) is 15.9 Å². The van der Waals surface area contributed by atoms with E-state index in [1.807, 2.05) is 18.2 Å². The number of amides is 1. The first-order chi connectivity index (χ1) is 16.0. The number of aromatic nitrogens is 4. The lowest BCUT2D eigenvalue weighted by Crippen LogP contribution is -2.27. The summed E-state index contributed by atoms with van der Waals surface area (Å²) >= 11 is 6.03. The van der Waals surface area contributed by atoms with Crippen molar-refractivity contribution < 1.29 is 14.3 Å². The predicted octanol–water partition coefficient (Wildman–Crippen LogP) is 2.74. The van der Waals surface area contributed by atoms with Gasteiger partial charge >= 0.3 is 0 Å². The van der Waals surface area contributed by atoms with Gasteiger partial charge in [0, 0.05) is 17.1 Å². The Morgan fingerprint density at radius 2 is 1.94 bits per heavy atom. The zero-order valence-electron chi connectivity index (χ0n) is 18.1. The van der Waals surface area contributed by atoms with E-state index in [-0.39, 0.29) is 11.5 Å². The summed E-state index contributed by atoms with van der Waals surface area (Å²) in [5.74, 6) is 0.759. The first kappa shape index (κ1) is 22.3. The van der Waals surface area contributed by atoms with E-state index in [1.54, 1.807) is 28.9 Å². The van der Waals surface area contributed by atoms with Crippen molar-refractivity contribution in [3.63, 3.8) is 0 Å². The molecule has 0 fully saturated rings. The third-order valence-corrected chi connectivity index (χ3v) is 5.35. The molecule has 0 atom stereocenters. The lowest BCUT2D eigenvalue weighted by atomic mass is 10.2. The number of fused-ring (bicyclic) bond motifs is 1. The number of carbonyl (C=O) groups excluding carboxylic acids is 1. The highest BCUT2D eigenvalue weighted by Crippen LogP contribution is 2.27. The third kappa shape index (κ3) is 4.83. The Morgan fingerprint density at radius 3 is 2.70 bits per heavy atom. The second-order valence-electron chi connectivity index (χ2n) is 7.24. The van der Waals surface area contributed by atoms with Crippen LogP contribution in [0.2, 0.25) is 5.02 Å². The van der Waals surface area contributed by atoms with Crippen LogP contribution in [0.25, 0.3) is 11.0 Å². The molecule has 0 aliphatic rings. The molecule has 2 aromatic heterocycles. The van der Waals surface area contributed by atoms with E-state index in [0.717, 1.165) is 5.56 Å². The van der Waals surface area contributed by atoms with E-state index in [4.69, 9.17) is 21.1 Å². The maximum Gasteiger partial charge on any atom is 0.264 e. The second kappa shape index (κ2) is 9.74. The molecule has 0 aliphatic heterocycles. The molecule has 0 aliphatic carbocycles. The van der Waals surface area contributed by atoms with Gasteiger partial charge in [0.05, 0.1) is 33.5 Å². The normalized spacial score (nSPS) is 10.9. The third-order valence-electron chi connectivity index (χ3n) is 5.12. The van der Waals surface area contributed by atoms with Gasteiger partial charge < -0.3 is 14.8 Å². The molecule has 170 valence electrons. The number of benzene rings is 2. The number of methoxy groups -OCH3 is 2. The zero-order valence-corrected chi connectivity index (χ0v) is 18.9. The number of halogens is 1. The van der Waals surface area contributed by atoms with Crippen molar-refractivity contribution in [2.45, 2.75) is 13.1 Å². The number of rotatable bonds is 8. The molecular weight excluding hydrogens is 446 g/mol. The Hall–Kier alpha value is -3.85. The van der Waals surface area contributed by atoms with Crippen LogP contribution in [0.4, 0.5) is 0 Å². The molecular formula is C23H22ClN5O4. The van der Waals surface area contributed by atoms with Crippen molar-refractivity contribution in [1.82, 2.24) is 24.6 Å². The highest BCUT2D eigenvalue weighted by Gasteiger charge is 2.13. The van der Waals surface area contributed by atoms with Gasteiger partial charge in [-0.15, -0.1) is 0 Å². The van der Waals surface area contributed by atoms with Gasteiger partial charge in [0.2, 0.25) is 0 Å². The topological polar surface area (TPSA) is 100 Å². The molecule has 0 spiro atoms. The molecule has 0 saturated carbocycles. The Morgan fingerprint density at radius 1 is 1.12 bits per heavy atom. The maximum atomic E-state index is 12.9. The molecule has 0 saturated heterocycles. The SMILES string of the molecule is COc1ccc(C(=O)NCCn2ncc3c(=O)n(Cc4cccc(Cl)c4)cnc32)cc1OC. The van der Waals surface area contributed by atoms with Gasteiger partial charge in [-0.2, -0.15) is 5.10 Å². The van der Waals surface area contributed by atoms with E-state index >= 15 is 0 Å². The summed E-state index contributed by atoms with van der Waals surface area (Å²) in [5, 5.41) is 8.12. The smallest absolute Gasteiger partial charge is 0.264 e. The summed E-state index contributed by atoms with van der Waals surface area (Å²) in [6.07, 6.45) is 2.99. The number of carbonyl (C=O) groups is 1. The van der Waals surface area contributed by atoms with Crippen LogP contribution in [0.5, 0.6) is 11.5 Å². The number of hydrogen-bond acceptors (Lipinski definition) is 6. The second-order valence-corrected chi connectivity index (χ2v) is 7.67. The first-order valence-electron chi connectivity index (χ1n) is 10.2. The van der Waals surface area contributed by atoms with Crippen LogP contribution >= 0.6 is 11.6 Å². The molecule has 33 heavy (non-hydrogen) atoms. The average molecular weight is 468 g/mol. The molecule has 0 bridgehead atoms. The van der Waals surface area contributed by atoms with E-state index in [2.05, 4.69) is 15.4 Å². The Balaban J connectivity index is 1.44. The standard InChI is InChI=1S/C23H22ClN5O4/c1-32-19-7-6-16(11-20(19)33-2)22(30)25-8-9-29-21-18(12-27-29)23(31)28(14-26-21)13-15-4-3-5-17(24)10-15/h3-7,10-12,14H,8-9,13H2,1-2H3,(H,25,30). The summed E-state index contributed by atoms with van der Waals surface area (Å²) in [4.78, 5) is 29.7. The number of nitrogens with zero attached hydrogens (tertiary/aromatic N) is 4. The van der Waals surface area contributed by atoms with Gasteiger partial charge in [0.15, 0.2) is 17.1 Å². The lowest BCUT2D eigenvalue weighted by Gasteiger charge is -2.10. The molecule has 0 unspecified atom stereocenters. The fourth-order valence-electron chi connectivity index (χ4n) is 3.46. The van der Waals surface area contributed by atoms with E-state index < -0.39 is 0 Å². The van der Waals surface area contributed by atoms with Gasteiger partial charge in [-0.1, -0.05) is 23.7 Å². The fourth-order valence-corrected chi connectivity index (χ4v) is 3.67. The van der Waals surface area contributed by atoms with Crippen LogP contribution in [-0.2, 0) is 13.1 Å². The molecule has 4 rings (SSSR count). The van der Waals surface area contributed by atoms with Crippen LogP contribution in [0, 0.1) is 0 Å². The Labute approximate surface area is 194 Å². The Kier molecular flexibility index (Phi) is 6.60. The summed E-state index contributed by atoms with van der Waals surface area (Å²) in [6, 6.07) is 12.3. The molecule has 10 heteroatoms. The van der Waals surface area contributed by atoms with Crippen molar-refractivity contribution in [3.8, 4) is 11.5 Å². The van der Waals surface area contributed by atoms with Crippen LogP contribution in [-0.4, -0.2) is 46.0 Å². The minimum atomic E-state index is -0.260. The minimum absolute atomic E-state index is 0.194. The van der Waals surface area contributed by atoms with Gasteiger partial charge in [-0.05, 0) is 35.9 Å². The van der Waals surface area contributed by atoms with Gasteiger partial charge in [-0.25, -0.2) is 9.67 Å². The van der Waals surface area contributed by atoms with Crippen LogP contribution in [0.3, 0.4) is 0 Å². The number of nitrogens with one attached hydrogen (secondary N) is 1. The van der Waals surface area contributed by atoms with E-state index in [0.29, 0.717) is 52.8 Å². The molecule has 1 amide bonds. The summed E-state index contributed by atoms with van der Waals surface area (Å²) in [6.45, 7) is 1.01. The monoisotopic (exact) mass is 467 g/mol. The number of hydrogen-bond donors (Lipinski definition) is 1. The predicted molar refractivity (Wildman–Crippen MR) is 124 cm³/mol. The maximum absolute atomic E-state index is 12.9. The highest BCUT2D eigenvalue weighted by atomic mass is 35.5. The van der Waals surface area contributed by atoms with Crippen LogP contribution in [0.15, 0.2) is 59.8 Å². The molecule has 4 aromatic rings. The zero-order chi connectivity index (χ0) is 23.4. The molecule has 0 radical (unpaired) electrons. The quantitative estimate of drug-likeness (QED) is 0.427. The molecule has 9 nitrogen and oxygen atoms in total. The highest BCUT2D eigenvalue weighted by molar-refractivity contribution is 6.30. The Bertz CT molecular complexity index is 1360. The van der Waals surface area contributed by atoms with E-state index in [1.165, 1.54) is 31.3 Å². The molecule has 2 aromatic carbocycles. The largest absolute Gasteiger partial charge is 0.493 e.